The summed E-state index contributed by atoms with van der Waals surface area (Å²) in [5.74, 6) is -1.56. The van der Waals surface area contributed by atoms with Crippen molar-refractivity contribution in [1.29, 1.82) is 0 Å². The third-order valence-electron chi connectivity index (χ3n) is 2.39. The van der Waals surface area contributed by atoms with Crippen LogP contribution in [0.25, 0.3) is 0 Å². The van der Waals surface area contributed by atoms with Gasteiger partial charge in [0.05, 0.1) is 53.7 Å². The second-order valence-corrected chi connectivity index (χ2v) is 11.9. The van der Waals surface area contributed by atoms with Gasteiger partial charge in [-0.3, -0.25) is 12.5 Å². The molecular weight excluding hydrogens is 547 g/mol. The topological polar surface area (TPSA) is 251 Å². The molecule has 2 fully saturated rings. The summed E-state index contributed by atoms with van der Waals surface area (Å²) < 4.78 is 94.2. The van der Waals surface area contributed by atoms with Gasteiger partial charge in [-0.2, -0.15) is 12.6 Å². The van der Waals surface area contributed by atoms with E-state index >= 15 is 0 Å². The molecule has 2 aliphatic heterocycles. The first-order chi connectivity index (χ1) is 13.5. The van der Waals surface area contributed by atoms with E-state index in [1.165, 1.54) is 0 Å². The van der Waals surface area contributed by atoms with E-state index in [2.05, 4.69) is 12.5 Å². The first-order valence-electron chi connectivity index (χ1n) is 7.40. The Hall–Kier alpha value is 0.970. The van der Waals surface area contributed by atoms with Crippen LogP contribution >= 0.6 is 10.7 Å². The smallest absolute Gasteiger partial charge is 0.748 e. The van der Waals surface area contributed by atoms with Crippen LogP contribution in [0.5, 0.6) is 0 Å². The van der Waals surface area contributed by atoms with Gasteiger partial charge in [0.2, 0.25) is 9.05 Å². The molecule has 4 atom stereocenters. The standard InChI is InChI=1S/C3H5ClO5S2.C3H8O5S.C3H6O4S.CH4O.Na/c4-11(6,7)2-3-1-8-10(5)9-3;4-1-3(5)2-9(6,7)8;4-3-1-7-8(5,6)2-3;1-2;/h3H,1-2H2;3-5H,1-2H2,(H,6,7,8);3-4H,1-2H2;2H,1H3;/q;;;;+1/p-1. The van der Waals surface area contributed by atoms with Crippen molar-refractivity contribution < 1.29 is 96.5 Å². The van der Waals surface area contributed by atoms with Gasteiger partial charge in [-0.25, -0.2) is 16.8 Å². The Morgan fingerprint density at radius 2 is 1.74 bits per heavy atom. The molecule has 0 aromatic heterocycles. The van der Waals surface area contributed by atoms with E-state index in [1.54, 1.807) is 0 Å². The van der Waals surface area contributed by atoms with Gasteiger partial charge in [0.25, 0.3) is 10.1 Å². The van der Waals surface area contributed by atoms with Gasteiger partial charge in [-0.15, -0.1) is 0 Å². The largest absolute Gasteiger partial charge is 1.00 e. The summed E-state index contributed by atoms with van der Waals surface area (Å²) in [6, 6.07) is 0. The van der Waals surface area contributed by atoms with Crippen molar-refractivity contribution in [3.05, 3.63) is 0 Å². The SMILES string of the molecule is CO.O=S(=O)([O-])CC(O)CO.O=S1(=O)CC(O)CO1.O=S1OCC(CS(=O)(=O)Cl)O1.[Na+]. The first-order valence-corrected chi connectivity index (χ1v) is 14.0. The van der Waals surface area contributed by atoms with Crippen LogP contribution in [0.3, 0.4) is 0 Å². The van der Waals surface area contributed by atoms with Gasteiger partial charge < -0.3 is 25.0 Å². The Morgan fingerprint density at radius 1 is 1.23 bits per heavy atom. The molecule has 0 aromatic rings. The van der Waals surface area contributed by atoms with E-state index in [9.17, 15) is 34.0 Å². The molecule has 184 valence electrons. The maximum atomic E-state index is 10.4. The molecule has 0 aromatic carbocycles. The fraction of sp³-hybridized carbons (Fsp3) is 1.00. The number of hydrogen-bond acceptors (Lipinski definition) is 15. The number of aliphatic hydroxyl groups is 4. The predicted molar refractivity (Wildman–Crippen MR) is 100 cm³/mol. The molecule has 4 unspecified atom stereocenters. The van der Waals surface area contributed by atoms with Crippen molar-refractivity contribution >= 4 is 51.3 Å². The molecule has 0 radical (unpaired) electrons. The first kappa shape index (κ1) is 36.5. The van der Waals surface area contributed by atoms with E-state index in [-0.39, 0.29) is 54.3 Å². The Labute approximate surface area is 209 Å². The van der Waals surface area contributed by atoms with Crippen molar-refractivity contribution in [2.24, 2.45) is 0 Å². The molecule has 2 rings (SSSR count). The minimum atomic E-state index is -4.40. The fourth-order valence-corrected chi connectivity index (χ4v) is 4.78. The van der Waals surface area contributed by atoms with Gasteiger partial charge in [0.15, 0.2) is 0 Å². The van der Waals surface area contributed by atoms with E-state index in [0.29, 0.717) is 0 Å². The summed E-state index contributed by atoms with van der Waals surface area (Å²) in [6.45, 7) is -0.789. The van der Waals surface area contributed by atoms with Crippen LogP contribution in [0.1, 0.15) is 0 Å². The molecule has 31 heavy (non-hydrogen) atoms. The molecule has 15 nitrogen and oxygen atoms in total. The Bertz CT molecular complexity index is 815. The number of hydrogen-bond donors (Lipinski definition) is 4. The molecule has 0 saturated carbocycles. The van der Waals surface area contributed by atoms with Crippen molar-refractivity contribution in [2.75, 3.05) is 44.2 Å². The maximum Gasteiger partial charge on any atom is 1.00 e. The zero-order chi connectivity index (χ0) is 24.2. The molecule has 2 aliphatic rings. The van der Waals surface area contributed by atoms with Gasteiger partial charge in [0.1, 0.15) is 11.9 Å². The maximum absolute atomic E-state index is 10.4. The zero-order valence-corrected chi connectivity index (χ0v) is 22.3. The average Bonchev–Trinajstić information content (AvgIpc) is 3.11. The normalized spacial score (nSPS) is 25.3. The second-order valence-electron chi connectivity index (χ2n) is 5.14. The summed E-state index contributed by atoms with van der Waals surface area (Å²) in [7, 11) is -5.44. The predicted octanol–water partition coefficient (Wildman–Crippen LogP) is -7.25. The van der Waals surface area contributed by atoms with Gasteiger partial charge in [0, 0.05) is 17.8 Å². The minimum Gasteiger partial charge on any atom is -0.748 e. The van der Waals surface area contributed by atoms with Crippen molar-refractivity contribution in [3.8, 4) is 0 Å². The monoisotopic (exact) mass is 568 g/mol. The zero-order valence-electron chi connectivity index (χ0n) is 16.3. The number of halogens is 1. The van der Waals surface area contributed by atoms with Gasteiger partial charge >= 0.3 is 40.9 Å². The van der Waals surface area contributed by atoms with Crippen LogP contribution < -0.4 is 29.6 Å². The molecule has 0 bridgehead atoms. The van der Waals surface area contributed by atoms with Crippen molar-refractivity contribution in [2.45, 2.75) is 18.3 Å². The second kappa shape index (κ2) is 17.4. The van der Waals surface area contributed by atoms with Crippen LogP contribution in [0.15, 0.2) is 0 Å². The van der Waals surface area contributed by atoms with Crippen molar-refractivity contribution in [1.82, 2.24) is 0 Å². The molecule has 0 aliphatic carbocycles. The molecule has 4 N–H and O–H groups in total. The molecule has 0 amide bonds. The summed E-state index contributed by atoms with van der Waals surface area (Å²) >= 11 is -1.81. The Kier molecular flexibility index (Phi) is 20.5. The molecule has 2 saturated heterocycles. The summed E-state index contributed by atoms with van der Waals surface area (Å²) in [4.78, 5) is 0. The number of rotatable bonds is 5. The number of aliphatic hydroxyl groups excluding tert-OH is 4. The summed E-state index contributed by atoms with van der Waals surface area (Å²) in [5, 5.41) is 32.0. The third kappa shape index (κ3) is 23.9. The van der Waals surface area contributed by atoms with Crippen LogP contribution in [0.2, 0.25) is 0 Å². The van der Waals surface area contributed by atoms with Crippen LogP contribution in [-0.2, 0) is 53.2 Å². The summed E-state index contributed by atoms with van der Waals surface area (Å²) in [6.07, 6.45) is -2.98. The van der Waals surface area contributed by atoms with Gasteiger partial charge in [-0.05, 0) is 0 Å². The van der Waals surface area contributed by atoms with Gasteiger partial charge in [-0.1, -0.05) is 0 Å². The molecule has 0 spiro atoms. The Balaban J connectivity index is -0.000000363. The third-order valence-corrected chi connectivity index (χ3v) is 6.38. The van der Waals surface area contributed by atoms with E-state index in [0.717, 1.165) is 7.11 Å². The fourth-order valence-electron chi connectivity index (χ4n) is 1.40. The van der Waals surface area contributed by atoms with E-state index < -0.39 is 71.3 Å². The van der Waals surface area contributed by atoms with Crippen LogP contribution in [0, 0.1) is 0 Å². The van der Waals surface area contributed by atoms with Crippen molar-refractivity contribution in [3.63, 3.8) is 0 Å². The quantitative estimate of drug-likeness (QED) is 0.104. The Morgan fingerprint density at radius 3 is 1.94 bits per heavy atom. The van der Waals surface area contributed by atoms with Crippen LogP contribution in [-0.4, -0.2) is 117 Å². The van der Waals surface area contributed by atoms with E-state index in [1.807, 2.05) is 0 Å². The van der Waals surface area contributed by atoms with Crippen LogP contribution in [0.4, 0.5) is 0 Å². The average molecular weight is 569 g/mol. The molecule has 2 heterocycles. The van der Waals surface area contributed by atoms with E-state index in [4.69, 9.17) is 31.1 Å². The summed E-state index contributed by atoms with van der Waals surface area (Å²) in [5.41, 5.74) is 0. The molecule has 21 heteroatoms. The minimum absolute atomic E-state index is 0. The molecular formula is C10H22ClNaO15S4.